The van der Waals surface area contributed by atoms with Gasteiger partial charge in [-0.3, -0.25) is 9.69 Å². The number of nitrogens with zero attached hydrogens (tertiary/aromatic N) is 1. The lowest BCUT2D eigenvalue weighted by Gasteiger charge is -2.57. The summed E-state index contributed by atoms with van der Waals surface area (Å²) in [6, 6.07) is 14.4. The molecule has 0 aromatic heterocycles. The topological polar surface area (TPSA) is 29.5 Å². The Hall–Kier alpha value is -1.63. The second-order valence-electron chi connectivity index (χ2n) is 10.4. The van der Waals surface area contributed by atoms with Crippen molar-refractivity contribution in [2.45, 2.75) is 50.9 Å². The summed E-state index contributed by atoms with van der Waals surface area (Å²) in [6.07, 6.45) is 10.2. The molecule has 1 heterocycles. The molecule has 2 aromatic rings. The highest BCUT2D eigenvalue weighted by Crippen LogP contribution is 2.61. The van der Waals surface area contributed by atoms with Crippen molar-refractivity contribution in [1.82, 2.24) is 0 Å². The Morgan fingerprint density at radius 3 is 2.35 bits per heavy atom. The van der Waals surface area contributed by atoms with Gasteiger partial charge in [-0.25, -0.2) is 0 Å². The van der Waals surface area contributed by atoms with Gasteiger partial charge >= 0.3 is 0 Å². The Morgan fingerprint density at radius 2 is 1.74 bits per heavy atom. The molecule has 176 valence electrons. The van der Waals surface area contributed by atoms with E-state index in [-0.39, 0.29) is 5.91 Å². The number of carbonyl (C=O) groups is 1. The predicted octanol–water partition coefficient (Wildman–Crippen LogP) is 7.72. The molecule has 0 atom stereocenters. The van der Waals surface area contributed by atoms with E-state index >= 15 is 0 Å². The molecular formula is C28H28BrNO2S2. The third kappa shape index (κ3) is 3.96. The maximum absolute atomic E-state index is 13.4. The quantitative estimate of drug-likeness (QED) is 0.280. The van der Waals surface area contributed by atoms with E-state index in [9.17, 15) is 4.79 Å². The molecule has 6 heteroatoms. The van der Waals surface area contributed by atoms with Crippen LogP contribution >= 0.6 is 39.9 Å². The van der Waals surface area contributed by atoms with Crippen LogP contribution < -0.4 is 9.64 Å². The van der Waals surface area contributed by atoms with Gasteiger partial charge in [0.15, 0.2) is 4.32 Å². The molecule has 1 aliphatic heterocycles. The van der Waals surface area contributed by atoms with Gasteiger partial charge in [0.2, 0.25) is 0 Å². The van der Waals surface area contributed by atoms with E-state index in [1.165, 1.54) is 55.9 Å². The second-order valence-corrected chi connectivity index (χ2v) is 13.0. The summed E-state index contributed by atoms with van der Waals surface area (Å²) in [5.41, 5.74) is 3.52. The normalized spacial score (nSPS) is 31.1. The number of thioether (sulfide) groups is 1. The van der Waals surface area contributed by atoms with Crippen molar-refractivity contribution in [1.29, 1.82) is 0 Å². The largest absolute Gasteiger partial charge is 0.493 e. The zero-order chi connectivity index (χ0) is 23.4. The van der Waals surface area contributed by atoms with Gasteiger partial charge < -0.3 is 4.74 Å². The van der Waals surface area contributed by atoms with E-state index < -0.39 is 0 Å². The highest BCUT2D eigenvalue weighted by Gasteiger charge is 2.51. The van der Waals surface area contributed by atoms with Crippen LogP contribution in [0.25, 0.3) is 6.08 Å². The molecule has 7 rings (SSSR count). The first kappa shape index (κ1) is 22.8. The lowest BCUT2D eigenvalue weighted by Crippen LogP contribution is -2.48. The Labute approximate surface area is 219 Å². The fourth-order valence-electron chi connectivity index (χ4n) is 7.16. The van der Waals surface area contributed by atoms with Crippen molar-refractivity contribution < 1.29 is 9.53 Å². The van der Waals surface area contributed by atoms with Crippen molar-refractivity contribution in [2.24, 2.45) is 17.8 Å². The molecule has 0 radical (unpaired) electrons. The molecule has 5 aliphatic rings. The lowest BCUT2D eigenvalue weighted by atomic mass is 9.48. The van der Waals surface area contributed by atoms with Crippen LogP contribution in [0.4, 0.5) is 5.69 Å². The minimum Gasteiger partial charge on any atom is -0.493 e. The fraction of sp³-hybridized carbons (Fsp3) is 0.429. The molecule has 4 aliphatic carbocycles. The first-order chi connectivity index (χ1) is 16.4. The Kier molecular flexibility index (Phi) is 5.90. The monoisotopic (exact) mass is 553 g/mol. The summed E-state index contributed by atoms with van der Waals surface area (Å²) in [4.78, 5) is 15.7. The highest BCUT2D eigenvalue weighted by molar-refractivity contribution is 9.10. The number of benzene rings is 2. The van der Waals surface area contributed by atoms with Crippen LogP contribution in [-0.4, -0.2) is 16.8 Å². The number of amides is 1. The number of thiocarbonyl (C=S) groups is 1. The maximum atomic E-state index is 13.4. The van der Waals surface area contributed by atoms with Crippen LogP contribution in [0.3, 0.4) is 0 Å². The molecule has 4 saturated carbocycles. The van der Waals surface area contributed by atoms with Gasteiger partial charge in [-0.05, 0) is 117 Å². The van der Waals surface area contributed by atoms with E-state index in [0.717, 1.165) is 39.2 Å². The van der Waals surface area contributed by atoms with Crippen molar-refractivity contribution in [2.75, 3.05) is 11.5 Å². The van der Waals surface area contributed by atoms with E-state index in [2.05, 4.69) is 34.1 Å². The number of carbonyl (C=O) groups excluding carboxylic acids is 1. The molecule has 0 N–H and O–H groups in total. The standard InChI is InChI=1S/C28H28BrNO2S2/c1-2-32-24-8-3-21(28-14-17-9-18(15-28)11-19(10-17)16-28)12-20(24)13-25-26(31)30(27(33)34-25)23-6-4-22(29)5-7-23/h3-8,12-13,17-19H,2,9-11,14-16H2,1H3/b25-13+. The van der Waals surface area contributed by atoms with Crippen molar-refractivity contribution in [3.63, 3.8) is 0 Å². The summed E-state index contributed by atoms with van der Waals surface area (Å²) in [5, 5.41) is 0. The highest BCUT2D eigenvalue weighted by atomic mass is 79.9. The fourth-order valence-corrected chi connectivity index (χ4v) is 8.72. The smallest absolute Gasteiger partial charge is 0.270 e. The van der Waals surface area contributed by atoms with Crippen LogP contribution in [0.2, 0.25) is 0 Å². The number of rotatable bonds is 5. The van der Waals surface area contributed by atoms with Gasteiger partial charge in [0.1, 0.15) is 5.75 Å². The van der Waals surface area contributed by atoms with Gasteiger partial charge in [-0.1, -0.05) is 46.0 Å². The molecular weight excluding hydrogens is 526 g/mol. The third-order valence-corrected chi connectivity index (χ3v) is 9.96. The number of halogens is 1. The van der Waals surface area contributed by atoms with Gasteiger partial charge in [0, 0.05) is 10.0 Å². The van der Waals surface area contributed by atoms with E-state index in [1.807, 2.05) is 37.3 Å². The Morgan fingerprint density at radius 1 is 1.09 bits per heavy atom. The van der Waals surface area contributed by atoms with E-state index in [1.54, 1.807) is 4.90 Å². The molecule has 3 nitrogen and oxygen atoms in total. The van der Waals surface area contributed by atoms with Gasteiger partial charge in [-0.2, -0.15) is 0 Å². The summed E-state index contributed by atoms with van der Waals surface area (Å²) < 4.78 is 7.53. The van der Waals surface area contributed by atoms with Crippen LogP contribution in [-0.2, 0) is 10.2 Å². The van der Waals surface area contributed by atoms with Crippen LogP contribution in [0.5, 0.6) is 5.75 Å². The maximum Gasteiger partial charge on any atom is 0.270 e. The molecule has 34 heavy (non-hydrogen) atoms. The van der Waals surface area contributed by atoms with E-state index in [0.29, 0.717) is 21.2 Å². The molecule has 4 bridgehead atoms. The second kappa shape index (κ2) is 8.79. The number of hydrogen-bond donors (Lipinski definition) is 0. The number of anilines is 1. The van der Waals surface area contributed by atoms with Crippen LogP contribution in [0, 0.1) is 17.8 Å². The van der Waals surface area contributed by atoms with Crippen LogP contribution in [0.15, 0.2) is 51.8 Å². The van der Waals surface area contributed by atoms with Gasteiger partial charge in [0.25, 0.3) is 5.91 Å². The molecule has 0 unspecified atom stereocenters. The zero-order valence-electron chi connectivity index (χ0n) is 19.3. The number of hydrogen-bond acceptors (Lipinski definition) is 4. The van der Waals surface area contributed by atoms with E-state index in [4.69, 9.17) is 17.0 Å². The molecule has 1 amide bonds. The lowest BCUT2D eigenvalue weighted by molar-refractivity contribution is -0.113. The Balaban J connectivity index is 1.36. The van der Waals surface area contributed by atoms with Crippen molar-refractivity contribution in [3.8, 4) is 5.75 Å². The summed E-state index contributed by atoms with van der Waals surface area (Å²) >= 11 is 10.4. The first-order valence-electron chi connectivity index (χ1n) is 12.2. The summed E-state index contributed by atoms with van der Waals surface area (Å²) in [6.45, 7) is 2.60. The third-order valence-electron chi connectivity index (χ3n) is 8.13. The molecule has 0 spiro atoms. The molecule has 5 fully saturated rings. The molecule has 1 saturated heterocycles. The summed E-state index contributed by atoms with van der Waals surface area (Å²) in [7, 11) is 0. The van der Waals surface area contributed by atoms with Crippen molar-refractivity contribution in [3.05, 3.63) is 63.0 Å². The Bertz CT molecular complexity index is 1150. The van der Waals surface area contributed by atoms with Crippen LogP contribution in [0.1, 0.15) is 56.6 Å². The summed E-state index contributed by atoms with van der Waals surface area (Å²) in [5.74, 6) is 3.44. The zero-order valence-corrected chi connectivity index (χ0v) is 22.5. The number of ether oxygens (including phenoxy) is 1. The average molecular weight is 555 g/mol. The minimum absolute atomic E-state index is 0.0695. The first-order valence-corrected chi connectivity index (χ1v) is 14.3. The minimum atomic E-state index is -0.0695. The predicted molar refractivity (Wildman–Crippen MR) is 147 cm³/mol. The SMILES string of the molecule is CCOc1ccc(C23CC4CC(CC(C4)C2)C3)cc1/C=C1/SC(=S)N(c2ccc(Br)cc2)C1=O. The molecule has 2 aromatic carbocycles. The van der Waals surface area contributed by atoms with Crippen molar-refractivity contribution >= 4 is 61.9 Å². The van der Waals surface area contributed by atoms with Gasteiger partial charge in [0.05, 0.1) is 17.2 Å². The van der Waals surface area contributed by atoms with Gasteiger partial charge in [-0.15, -0.1) is 0 Å². The average Bonchev–Trinajstić information content (AvgIpc) is 3.07.